The van der Waals surface area contributed by atoms with Gasteiger partial charge in [-0.15, -0.1) is 10.2 Å². The van der Waals surface area contributed by atoms with Crippen molar-refractivity contribution in [2.24, 2.45) is 11.3 Å². The number of carbonyl (C=O) groups is 1. The highest BCUT2D eigenvalue weighted by atomic mass is 32.2. The Labute approximate surface area is 160 Å². The van der Waals surface area contributed by atoms with Crippen LogP contribution in [0.2, 0.25) is 0 Å². The summed E-state index contributed by atoms with van der Waals surface area (Å²) in [5, 5.41) is 11.1. The Hall–Kier alpha value is -1.54. The van der Waals surface area contributed by atoms with Gasteiger partial charge in [0.25, 0.3) is 0 Å². The van der Waals surface area contributed by atoms with Gasteiger partial charge in [-0.25, -0.2) is 8.78 Å². The van der Waals surface area contributed by atoms with Gasteiger partial charge in [-0.3, -0.25) is 4.79 Å². The lowest BCUT2D eigenvalue weighted by Crippen LogP contribution is -2.18. The van der Waals surface area contributed by atoms with Crippen molar-refractivity contribution < 1.29 is 13.6 Å². The maximum absolute atomic E-state index is 13.6. The third kappa shape index (κ3) is 6.99. The Bertz CT molecular complexity index is 759. The summed E-state index contributed by atoms with van der Waals surface area (Å²) in [7, 11) is 0. The Morgan fingerprint density at radius 2 is 2.04 bits per heavy atom. The highest BCUT2D eigenvalue weighted by Gasteiger charge is 2.18. The predicted molar refractivity (Wildman–Crippen MR) is 102 cm³/mol. The molecule has 0 radical (unpaired) electrons. The molecule has 0 bridgehead atoms. The Kier molecular flexibility index (Phi) is 7.11. The van der Waals surface area contributed by atoms with Crippen molar-refractivity contribution >= 4 is 34.1 Å². The van der Waals surface area contributed by atoms with Crippen LogP contribution in [0.25, 0.3) is 0 Å². The Balaban J connectivity index is 1.85. The molecule has 0 spiro atoms. The van der Waals surface area contributed by atoms with Gasteiger partial charge in [-0.1, -0.05) is 50.8 Å². The predicted octanol–water partition coefficient (Wildman–Crippen LogP) is 5.51. The van der Waals surface area contributed by atoms with Crippen LogP contribution in [0.4, 0.5) is 13.9 Å². The fraction of sp³-hybridized carbons (Fsp3) is 0.500. The van der Waals surface area contributed by atoms with Crippen molar-refractivity contribution in [2.45, 2.75) is 50.6 Å². The summed E-state index contributed by atoms with van der Waals surface area (Å²) in [6, 6.07) is 3.36. The van der Waals surface area contributed by atoms with E-state index in [0.29, 0.717) is 15.9 Å². The molecule has 2 aromatic rings. The molecule has 0 aliphatic rings. The summed E-state index contributed by atoms with van der Waals surface area (Å²) in [4.78, 5) is 12.1. The van der Waals surface area contributed by atoms with E-state index in [-0.39, 0.29) is 28.6 Å². The number of carbonyl (C=O) groups excluding carboxylic acids is 1. The SMILES string of the molecule is CC(CC(=O)Nc1nnc(SCc2cc(F)ccc2F)s1)CC(C)(C)C. The third-order valence-corrected chi connectivity index (χ3v) is 5.53. The van der Waals surface area contributed by atoms with Gasteiger partial charge in [0.05, 0.1) is 0 Å². The Morgan fingerprint density at radius 1 is 1.31 bits per heavy atom. The molecule has 0 aliphatic heterocycles. The summed E-state index contributed by atoms with van der Waals surface area (Å²) >= 11 is 2.48. The van der Waals surface area contributed by atoms with Crippen LogP contribution in [-0.2, 0) is 10.5 Å². The Morgan fingerprint density at radius 3 is 2.73 bits per heavy atom. The number of aromatic nitrogens is 2. The number of amides is 1. The summed E-state index contributed by atoms with van der Waals surface area (Å²) in [6.45, 7) is 8.50. The first-order valence-electron chi connectivity index (χ1n) is 8.32. The maximum Gasteiger partial charge on any atom is 0.226 e. The van der Waals surface area contributed by atoms with Crippen LogP contribution >= 0.6 is 23.1 Å². The van der Waals surface area contributed by atoms with E-state index >= 15 is 0 Å². The molecule has 8 heteroatoms. The molecule has 0 saturated heterocycles. The second-order valence-electron chi connectivity index (χ2n) is 7.52. The van der Waals surface area contributed by atoms with Gasteiger partial charge in [0.15, 0.2) is 4.34 Å². The van der Waals surface area contributed by atoms with Gasteiger partial charge in [-0.05, 0) is 36.0 Å². The molecule has 2 rings (SSSR count). The van der Waals surface area contributed by atoms with Crippen LogP contribution in [-0.4, -0.2) is 16.1 Å². The fourth-order valence-electron chi connectivity index (χ4n) is 2.72. The normalized spacial score (nSPS) is 12.8. The number of hydrogen-bond donors (Lipinski definition) is 1. The molecule has 0 aliphatic carbocycles. The van der Waals surface area contributed by atoms with Gasteiger partial charge in [0, 0.05) is 17.7 Å². The van der Waals surface area contributed by atoms with E-state index in [9.17, 15) is 13.6 Å². The van der Waals surface area contributed by atoms with Crippen molar-refractivity contribution in [1.82, 2.24) is 10.2 Å². The monoisotopic (exact) mass is 399 g/mol. The summed E-state index contributed by atoms with van der Waals surface area (Å²) in [5.41, 5.74) is 0.449. The molecule has 1 unspecified atom stereocenters. The molecule has 142 valence electrons. The van der Waals surface area contributed by atoms with Crippen LogP contribution in [0, 0.1) is 23.0 Å². The van der Waals surface area contributed by atoms with Gasteiger partial charge in [0.2, 0.25) is 11.0 Å². The van der Waals surface area contributed by atoms with E-state index < -0.39 is 11.6 Å². The zero-order valence-electron chi connectivity index (χ0n) is 15.3. The molecule has 4 nitrogen and oxygen atoms in total. The number of anilines is 1. The van der Waals surface area contributed by atoms with E-state index in [0.717, 1.165) is 18.6 Å². The number of benzene rings is 1. The molecule has 1 N–H and O–H groups in total. The van der Waals surface area contributed by atoms with E-state index in [1.165, 1.54) is 29.2 Å². The summed E-state index contributed by atoms with van der Waals surface area (Å²) in [5.74, 6) is -0.505. The third-order valence-electron chi connectivity index (χ3n) is 3.51. The quantitative estimate of drug-likeness (QED) is 0.493. The molecule has 1 aromatic carbocycles. The second kappa shape index (κ2) is 8.90. The number of halogens is 2. The topological polar surface area (TPSA) is 54.9 Å². The molecule has 1 aromatic heterocycles. The highest BCUT2D eigenvalue weighted by molar-refractivity contribution is 8.00. The van der Waals surface area contributed by atoms with Crippen LogP contribution in [0.5, 0.6) is 0 Å². The fourth-order valence-corrected chi connectivity index (χ4v) is 4.46. The molecule has 0 fully saturated rings. The van der Waals surface area contributed by atoms with Gasteiger partial charge in [0.1, 0.15) is 11.6 Å². The molecule has 1 amide bonds. The minimum absolute atomic E-state index is 0.0920. The number of hydrogen-bond acceptors (Lipinski definition) is 5. The number of nitrogens with zero attached hydrogens (tertiary/aromatic N) is 2. The first kappa shape index (κ1) is 20.8. The lowest BCUT2D eigenvalue weighted by atomic mass is 9.84. The molecule has 26 heavy (non-hydrogen) atoms. The smallest absolute Gasteiger partial charge is 0.226 e. The first-order chi connectivity index (χ1) is 12.1. The zero-order chi connectivity index (χ0) is 19.3. The highest BCUT2D eigenvalue weighted by Crippen LogP contribution is 2.30. The average Bonchev–Trinajstić information content (AvgIpc) is 2.93. The number of thioether (sulfide) groups is 1. The van der Waals surface area contributed by atoms with Crippen molar-refractivity contribution in [3.8, 4) is 0 Å². The largest absolute Gasteiger partial charge is 0.300 e. The second-order valence-corrected chi connectivity index (χ2v) is 9.72. The van der Waals surface area contributed by atoms with Crippen LogP contribution in [0.3, 0.4) is 0 Å². The van der Waals surface area contributed by atoms with E-state index in [4.69, 9.17) is 0 Å². The van der Waals surface area contributed by atoms with E-state index in [2.05, 4.69) is 43.2 Å². The maximum atomic E-state index is 13.6. The van der Waals surface area contributed by atoms with E-state index in [1.807, 2.05) is 0 Å². The summed E-state index contributed by atoms with van der Waals surface area (Å²) in [6.07, 6.45) is 1.38. The zero-order valence-corrected chi connectivity index (χ0v) is 16.9. The molecular formula is C18H23F2N3OS2. The van der Waals surface area contributed by atoms with Gasteiger partial charge >= 0.3 is 0 Å². The first-order valence-corrected chi connectivity index (χ1v) is 10.1. The lowest BCUT2D eigenvalue weighted by Gasteiger charge is -2.22. The average molecular weight is 400 g/mol. The van der Waals surface area contributed by atoms with Gasteiger partial charge < -0.3 is 5.32 Å². The van der Waals surface area contributed by atoms with Crippen molar-refractivity contribution in [2.75, 3.05) is 5.32 Å². The number of nitrogens with one attached hydrogen (secondary N) is 1. The molecule has 0 saturated carbocycles. The summed E-state index contributed by atoms with van der Waals surface area (Å²) < 4.78 is 27.4. The minimum Gasteiger partial charge on any atom is -0.300 e. The van der Waals surface area contributed by atoms with Crippen LogP contribution in [0.1, 0.15) is 46.1 Å². The van der Waals surface area contributed by atoms with Crippen molar-refractivity contribution in [1.29, 1.82) is 0 Å². The molecule has 1 heterocycles. The van der Waals surface area contributed by atoms with E-state index in [1.54, 1.807) is 0 Å². The van der Waals surface area contributed by atoms with Crippen LogP contribution in [0.15, 0.2) is 22.5 Å². The van der Waals surface area contributed by atoms with Crippen molar-refractivity contribution in [3.63, 3.8) is 0 Å². The van der Waals surface area contributed by atoms with Crippen molar-refractivity contribution in [3.05, 3.63) is 35.4 Å². The minimum atomic E-state index is -0.475. The number of rotatable bonds is 7. The lowest BCUT2D eigenvalue weighted by molar-refractivity contribution is -0.117. The standard InChI is InChI=1S/C18H23F2N3OS2/c1-11(9-18(2,3)4)7-15(24)21-16-22-23-17(26-16)25-10-12-8-13(19)5-6-14(12)20/h5-6,8,11H,7,9-10H2,1-4H3,(H,21,22,24). The van der Waals surface area contributed by atoms with Gasteiger partial charge in [-0.2, -0.15) is 0 Å². The molecule has 1 atom stereocenters. The van der Waals surface area contributed by atoms with Crippen LogP contribution < -0.4 is 5.32 Å². The molecular weight excluding hydrogens is 376 g/mol.